The summed E-state index contributed by atoms with van der Waals surface area (Å²) in [6.07, 6.45) is 2.83. The molecule has 0 aliphatic heterocycles. The first kappa shape index (κ1) is 11.8. The normalized spacial score (nSPS) is 16.1. The van der Waals surface area contributed by atoms with Gasteiger partial charge in [-0.2, -0.15) is 13.1 Å². The van der Waals surface area contributed by atoms with Crippen molar-refractivity contribution in [3.63, 3.8) is 0 Å². The Morgan fingerprint density at radius 3 is 2.31 bits per heavy atom. The summed E-state index contributed by atoms with van der Waals surface area (Å²) in [7, 11) is -3.67. The van der Waals surface area contributed by atoms with Crippen molar-refractivity contribution in [1.82, 2.24) is 14.7 Å². The lowest BCUT2D eigenvalue weighted by Gasteiger charge is -2.09. The van der Waals surface area contributed by atoms with Gasteiger partial charge in [0.05, 0.1) is 0 Å². The van der Waals surface area contributed by atoms with E-state index in [1.165, 1.54) is 0 Å². The maximum absolute atomic E-state index is 11.6. The van der Waals surface area contributed by atoms with Crippen molar-refractivity contribution >= 4 is 39.1 Å². The zero-order chi connectivity index (χ0) is 11.8. The monoisotopic (exact) mass is 282 g/mol. The number of hydrogen-bond acceptors (Lipinski definition) is 4. The number of halogens is 2. The van der Waals surface area contributed by atoms with Crippen LogP contribution in [-0.2, 0) is 10.2 Å². The second kappa shape index (κ2) is 4.33. The zero-order valence-electron chi connectivity index (χ0n) is 7.94. The van der Waals surface area contributed by atoms with Gasteiger partial charge < -0.3 is 0 Å². The van der Waals surface area contributed by atoms with Crippen molar-refractivity contribution in [2.24, 2.45) is 0 Å². The van der Waals surface area contributed by atoms with Crippen LogP contribution in [0.3, 0.4) is 0 Å². The summed E-state index contributed by atoms with van der Waals surface area (Å²) in [5.41, 5.74) is -0.0148. The molecule has 1 heterocycles. The molecular weight excluding hydrogens is 275 g/mol. The summed E-state index contributed by atoms with van der Waals surface area (Å²) in [5.74, 6) is 0. The van der Waals surface area contributed by atoms with Crippen molar-refractivity contribution in [3.8, 4) is 0 Å². The Hall–Kier alpha value is -0.630. The van der Waals surface area contributed by atoms with Crippen molar-refractivity contribution in [2.75, 3.05) is 4.72 Å². The molecule has 2 rings (SSSR count). The van der Waals surface area contributed by atoms with Crippen LogP contribution in [0, 0.1) is 0 Å². The van der Waals surface area contributed by atoms with Gasteiger partial charge >= 0.3 is 0 Å². The lowest BCUT2D eigenvalue weighted by Crippen LogP contribution is -2.32. The third kappa shape index (κ3) is 2.94. The Morgan fingerprint density at radius 1 is 1.25 bits per heavy atom. The first-order valence-corrected chi connectivity index (χ1v) is 6.68. The average molecular weight is 283 g/mol. The van der Waals surface area contributed by atoms with Crippen LogP contribution in [0.1, 0.15) is 12.8 Å². The molecule has 0 spiro atoms. The van der Waals surface area contributed by atoms with Crippen LogP contribution >= 0.6 is 23.2 Å². The molecule has 1 aliphatic carbocycles. The van der Waals surface area contributed by atoms with Crippen molar-refractivity contribution < 1.29 is 8.42 Å². The Labute approximate surface area is 103 Å². The molecule has 0 aromatic carbocycles. The highest BCUT2D eigenvalue weighted by atomic mass is 35.5. The molecule has 1 aromatic heterocycles. The molecule has 1 aliphatic rings. The molecule has 0 atom stereocenters. The van der Waals surface area contributed by atoms with Gasteiger partial charge in [0, 0.05) is 6.04 Å². The molecule has 9 heteroatoms. The van der Waals surface area contributed by atoms with Crippen LogP contribution in [-0.4, -0.2) is 24.4 Å². The minimum atomic E-state index is -3.67. The smallest absolute Gasteiger partial charge is 0.265 e. The maximum atomic E-state index is 11.6. The number of rotatable bonds is 4. The zero-order valence-corrected chi connectivity index (χ0v) is 10.3. The predicted octanol–water partition coefficient (Wildman–Crippen LogP) is 1.19. The summed E-state index contributed by atoms with van der Waals surface area (Å²) in [6, 6.07) is -0.000295. The van der Waals surface area contributed by atoms with Gasteiger partial charge in [0.15, 0.2) is 10.3 Å². The Bertz CT molecular complexity index is 483. The second-order valence-electron chi connectivity index (χ2n) is 3.33. The maximum Gasteiger partial charge on any atom is 0.299 e. The molecule has 16 heavy (non-hydrogen) atoms. The van der Waals surface area contributed by atoms with Crippen molar-refractivity contribution in [1.29, 1.82) is 0 Å². The van der Waals surface area contributed by atoms with Gasteiger partial charge in [-0.25, -0.2) is 9.97 Å². The largest absolute Gasteiger partial charge is 0.299 e. The van der Waals surface area contributed by atoms with Crippen LogP contribution in [0.25, 0.3) is 0 Å². The SMILES string of the molecule is O=S(=O)(Nc1c(Cl)ncnc1Cl)NC1CC1. The molecule has 88 valence electrons. The van der Waals surface area contributed by atoms with E-state index in [1.807, 2.05) is 0 Å². The summed E-state index contributed by atoms with van der Waals surface area (Å²) < 4.78 is 27.7. The van der Waals surface area contributed by atoms with E-state index in [1.54, 1.807) is 0 Å². The van der Waals surface area contributed by atoms with E-state index in [-0.39, 0.29) is 22.0 Å². The van der Waals surface area contributed by atoms with Gasteiger partial charge in [-0.15, -0.1) is 0 Å². The topological polar surface area (TPSA) is 84.0 Å². The standard InChI is InChI=1S/C7H8Cl2N4O2S/c8-6-5(7(9)11-3-10-6)13-16(14,15)12-4-1-2-4/h3-4,12-13H,1-2H2. The number of hydrogen-bond donors (Lipinski definition) is 2. The first-order chi connectivity index (χ1) is 7.48. The summed E-state index contributed by atoms with van der Waals surface area (Å²) in [6.45, 7) is 0. The van der Waals surface area contributed by atoms with E-state index in [2.05, 4.69) is 19.4 Å². The predicted molar refractivity (Wildman–Crippen MR) is 60.8 cm³/mol. The minimum absolute atomic E-state index is 0.000295. The Balaban J connectivity index is 2.19. The molecule has 0 amide bonds. The molecule has 0 radical (unpaired) electrons. The van der Waals surface area contributed by atoms with E-state index in [9.17, 15) is 8.42 Å². The van der Waals surface area contributed by atoms with Gasteiger partial charge in [-0.3, -0.25) is 4.72 Å². The third-order valence-corrected chi connectivity index (χ3v) is 3.58. The molecule has 0 bridgehead atoms. The minimum Gasteiger partial charge on any atom is -0.265 e. The van der Waals surface area contributed by atoms with Crippen LogP contribution < -0.4 is 9.44 Å². The quantitative estimate of drug-likeness (QED) is 0.813. The fraction of sp³-hybridized carbons (Fsp3) is 0.429. The van der Waals surface area contributed by atoms with Crippen LogP contribution in [0.5, 0.6) is 0 Å². The van der Waals surface area contributed by atoms with E-state index >= 15 is 0 Å². The molecule has 1 fully saturated rings. The highest BCUT2D eigenvalue weighted by molar-refractivity contribution is 7.90. The van der Waals surface area contributed by atoms with E-state index in [4.69, 9.17) is 23.2 Å². The van der Waals surface area contributed by atoms with Crippen LogP contribution in [0.15, 0.2) is 6.33 Å². The first-order valence-electron chi connectivity index (χ1n) is 4.44. The number of anilines is 1. The van der Waals surface area contributed by atoms with Crippen molar-refractivity contribution in [2.45, 2.75) is 18.9 Å². The number of nitrogens with one attached hydrogen (secondary N) is 2. The van der Waals surface area contributed by atoms with Gasteiger partial charge in [-0.1, -0.05) is 23.2 Å². The Morgan fingerprint density at radius 2 is 1.81 bits per heavy atom. The van der Waals surface area contributed by atoms with Crippen LogP contribution in [0.2, 0.25) is 10.3 Å². The molecule has 0 unspecified atom stereocenters. The molecule has 0 saturated heterocycles. The third-order valence-electron chi connectivity index (χ3n) is 1.89. The highest BCUT2D eigenvalue weighted by Gasteiger charge is 2.27. The lowest BCUT2D eigenvalue weighted by atomic mass is 10.6. The summed E-state index contributed by atoms with van der Waals surface area (Å²) >= 11 is 11.4. The van der Waals surface area contributed by atoms with Crippen LogP contribution in [0.4, 0.5) is 5.69 Å². The fourth-order valence-corrected chi connectivity index (χ4v) is 2.73. The van der Waals surface area contributed by atoms with E-state index in [0.29, 0.717) is 0 Å². The van der Waals surface area contributed by atoms with Crippen molar-refractivity contribution in [3.05, 3.63) is 16.6 Å². The van der Waals surface area contributed by atoms with Gasteiger partial charge in [0.2, 0.25) is 0 Å². The molecule has 1 aromatic rings. The molecule has 2 N–H and O–H groups in total. The summed E-state index contributed by atoms with van der Waals surface area (Å²) in [5, 5.41) is -0.0812. The van der Waals surface area contributed by atoms with E-state index in [0.717, 1.165) is 19.2 Å². The highest BCUT2D eigenvalue weighted by Crippen LogP contribution is 2.27. The molecule has 6 nitrogen and oxygen atoms in total. The molecular formula is C7H8Cl2N4O2S. The van der Waals surface area contributed by atoms with Gasteiger partial charge in [0.1, 0.15) is 12.0 Å². The number of aromatic nitrogens is 2. The average Bonchev–Trinajstić information content (AvgIpc) is 2.95. The van der Waals surface area contributed by atoms with Gasteiger partial charge in [0.25, 0.3) is 10.2 Å². The number of nitrogens with zero attached hydrogens (tertiary/aromatic N) is 2. The summed E-state index contributed by atoms with van der Waals surface area (Å²) in [4.78, 5) is 7.27. The fourth-order valence-electron chi connectivity index (χ4n) is 1.01. The lowest BCUT2D eigenvalue weighted by molar-refractivity contribution is 0.586. The molecule has 1 saturated carbocycles. The van der Waals surface area contributed by atoms with E-state index < -0.39 is 10.2 Å². The second-order valence-corrected chi connectivity index (χ2v) is 5.49. The Kier molecular flexibility index (Phi) is 3.20. The van der Waals surface area contributed by atoms with Gasteiger partial charge in [-0.05, 0) is 12.8 Å².